The third kappa shape index (κ3) is 6.32. The molecule has 0 saturated carbocycles. The Kier molecular flexibility index (Phi) is 8.74. The van der Waals surface area contributed by atoms with Gasteiger partial charge in [0.2, 0.25) is 5.91 Å². The average molecular weight is 476 g/mol. The van der Waals surface area contributed by atoms with Crippen LogP contribution in [-0.2, 0) is 11.3 Å². The Balaban J connectivity index is 1.96. The Labute approximate surface area is 208 Å². The van der Waals surface area contributed by atoms with E-state index in [-0.39, 0.29) is 35.5 Å². The van der Waals surface area contributed by atoms with E-state index >= 15 is 0 Å². The van der Waals surface area contributed by atoms with Crippen LogP contribution in [0.15, 0.2) is 71.3 Å². The number of benzene rings is 2. The van der Waals surface area contributed by atoms with E-state index in [1.807, 2.05) is 72.4 Å². The van der Waals surface area contributed by atoms with Crippen molar-refractivity contribution in [2.75, 3.05) is 24.3 Å². The van der Waals surface area contributed by atoms with Gasteiger partial charge in [-0.3, -0.25) is 9.59 Å². The number of amides is 2. The minimum Gasteiger partial charge on any atom is -0.459 e. The van der Waals surface area contributed by atoms with E-state index in [1.165, 1.54) is 6.26 Å². The summed E-state index contributed by atoms with van der Waals surface area (Å²) in [5.41, 5.74) is 3.67. The highest BCUT2D eigenvalue weighted by Gasteiger charge is 2.30. The molecule has 1 heterocycles. The van der Waals surface area contributed by atoms with Crippen molar-refractivity contribution in [3.05, 3.63) is 83.8 Å². The van der Waals surface area contributed by atoms with Crippen molar-refractivity contribution < 1.29 is 14.0 Å². The summed E-state index contributed by atoms with van der Waals surface area (Å²) in [7, 11) is 3.97. The average Bonchev–Trinajstić information content (AvgIpc) is 3.38. The number of nitrogens with one attached hydrogen (secondary N) is 1. The topological polar surface area (TPSA) is 65.8 Å². The van der Waals surface area contributed by atoms with Gasteiger partial charge >= 0.3 is 0 Å². The van der Waals surface area contributed by atoms with Crippen LogP contribution in [0.5, 0.6) is 0 Å². The Hall–Kier alpha value is -3.54. The molecule has 0 saturated heterocycles. The van der Waals surface area contributed by atoms with Gasteiger partial charge in [-0.25, -0.2) is 0 Å². The molecule has 3 rings (SSSR count). The maximum atomic E-state index is 14.0. The fourth-order valence-corrected chi connectivity index (χ4v) is 4.23. The first-order valence-corrected chi connectivity index (χ1v) is 12.2. The molecule has 2 amide bonds. The van der Waals surface area contributed by atoms with Crippen molar-refractivity contribution in [3.8, 4) is 0 Å². The summed E-state index contributed by atoms with van der Waals surface area (Å²) in [5.74, 6) is 0.146. The second-order valence-electron chi connectivity index (χ2n) is 9.49. The Morgan fingerprint density at radius 1 is 0.971 bits per heavy atom. The standard InChI is InChI=1S/C29H37N3O3/c1-7-25(22-12-9-8-10-13-22)29(34)32(21(4)20(2)3)19-23-18-24(15-16-26(23)31(5)6)30-28(33)27-14-11-17-35-27/h8-18,20-21,25H,7,19H2,1-6H3,(H,30,33)/t21-,25-/m0/s1. The lowest BCUT2D eigenvalue weighted by atomic mass is 9.92. The smallest absolute Gasteiger partial charge is 0.291 e. The van der Waals surface area contributed by atoms with Gasteiger partial charge in [-0.05, 0) is 60.7 Å². The summed E-state index contributed by atoms with van der Waals surface area (Å²) in [5, 5.41) is 2.91. The van der Waals surface area contributed by atoms with Crippen LogP contribution < -0.4 is 10.2 Å². The molecular formula is C29H37N3O3. The number of carbonyl (C=O) groups excluding carboxylic acids is 2. The van der Waals surface area contributed by atoms with Crippen LogP contribution in [0.25, 0.3) is 0 Å². The maximum absolute atomic E-state index is 14.0. The number of rotatable bonds is 10. The van der Waals surface area contributed by atoms with Crippen LogP contribution in [0.2, 0.25) is 0 Å². The summed E-state index contributed by atoms with van der Waals surface area (Å²) < 4.78 is 5.22. The molecule has 1 N–H and O–H groups in total. The van der Waals surface area contributed by atoms with Gasteiger partial charge in [0.1, 0.15) is 0 Å². The van der Waals surface area contributed by atoms with Crippen molar-refractivity contribution in [2.24, 2.45) is 5.92 Å². The second kappa shape index (κ2) is 11.7. The molecular weight excluding hydrogens is 438 g/mol. The number of hydrogen-bond acceptors (Lipinski definition) is 4. The number of carbonyl (C=O) groups is 2. The lowest BCUT2D eigenvalue weighted by Crippen LogP contribution is -2.43. The molecule has 1 aromatic heterocycles. The molecule has 35 heavy (non-hydrogen) atoms. The number of anilines is 2. The van der Waals surface area contributed by atoms with E-state index in [9.17, 15) is 9.59 Å². The predicted octanol–water partition coefficient (Wildman–Crippen LogP) is 6.16. The van der Waals surface area contributed by atoms with E-state index in [2.05, 4.69) is 33.0 Å². The van der Waals surface area contributed by atoms with Gasteiger partial charge in [0, 0.05) is 38.1 Å². The molecule has 186 valence electrons. The largest absolute Gasteiger partial charge is 0.459 e. The van der Waals surface area contributed by atoms with E-state index in [0.717, 1.165) is 23.2 Å². The highest BCUT2D eigenvalue weighted by atomic mass is 16.3. The number of nitrogens with zero attached hydrogens (tertiary/aromatic N) is 2. The third-order valence-corrected chi connectivity index (χ3v) is 6.55. The van der Waals surface area contributed by atoms with Crippen LogP contribution in [0.3, 0.4) is 0 Å². The zero-order valence-corrected chi connectivity index (χ0v) is 21.6. The molecule has 3 aromatic rings. The fraction of sp³-hybridized carbons (Fsp3) is 0.379. The minimum atomic E-state index is -0.308. The van der Waals surface area contributed by atoms with Gasteiger partial charge in [0.15, 0.2) is 5.76 Å². The van der Waals surface area contributed by atoms with E-state index in [4.69, 9.17) is 4.42 Å². The molecule has 0 aliphatic heterocycles. The zero-order valence-electron chi connectivity index (χ0n) is 21.6. The lowest BCUT2D eigenvalue weighted by Gasteiger charge is -2.36. The number of hydrogen-bond donors (Lipinski definition) is 1. The normalized spacial score (nSPS) is 12.8. The molecule has 2 atom stereocenters. The molecule has 2 aromatic carbocycles. The van der Waals surface area contributed by atoms with Gasteiger partial charge in [-0.1, -0.05) is 51.1 Å². The van der Waals surface area contributed by atoms with Gasteiger partial charge in [0.25, 0.3) is 5.91 Å². The van der Waals surface area contributed by atoms with Gasteiger partial charge in [0.05, 0.1) is 12.2 Å². The molecule has 0 unspecified atom stereocenters. The van der Waals surface area contributed by atoms with Crippen LogP contribution in [0.1, 0.15) is 61.7 Å². The van der Waals surface area contributed by atoms with Crippen LogP contribution in [0, 0.1) is 5.92 Å². The lowest BCUT2D eigenvalue weighted by molar-refractivity contribution is -0.136. The maximum Gasteiger partial charge on any atom is 0.291 e. The monoisotopic (exact) mass is 475 g/mol. The van der Waals surface area contributed by atoms with Crippen molar-refractivity contribution in [1.82, 2.24) is 4.90 Å². The first kappa shape index (κ1) is 26.1. The zero-order chi connectivity index (χ0) is 25.5. The summed E-state index contributed by atoms with van der Waals surface area (Å²) in [6.45, 7) is 8.89. The summed E-state index contributed by atoms with van der Waals surface area (Å²) in [6, 6.07) is 19.1. The highest BCUT2D eigenvalue weighted by Crippen LogP contribution is 2.30. The summed E-state index contributed by atoms with van der Waals surface area (Å²) >= 11 is 0. The SMILES string of the molecule is CC[C@H](C(=O)N(Cc1cc(NC(=O)c2ccco2)ccc1N(C)C)[C@@H](C)C(C)C)c1ccccc1. The molecule has 0 aliphatic carbocycles. The van der Waals surface area contributed by atoms with E-state index in [1.54, 1.807) is 12.1 Å². The van der Waals surface area contributed by atoms with Crippen LogP contribution in [-0.4, -0.2) is 36.9 Å². The summed E-state index contributed by atoms with van der Waals surface area (Å²) in [4.78, 5) is 30.5. The van der Waals surface area contributed by atoms with Crippen molar-refractivity contribution in [2.45, 2.75) is 52.6 Å². The molecule has 0 radical (unpaired) electrons. The van der Waals surface area contributed by atoms with Crippen molar-refractivity contribution >= 4 is 23.2 Å². The van der Waals surface area contributed by atoms with E-state index < -0.39 is 0 Å². The van der Waals surface area contributed by atoms with Gasteiger partial charge < -0.3 is 19.5 Å². The van der Waals surface area contributed by atoms with Gasteiger partial charge in [-0.2, -0.15) is 0 Å². The fourth-order valence-electron chi connectivity index (χ4n) is 4.23. The van der Waals surface area contributed by atoms with Crippen molar-refractivity contribution in [1.29, 1.82) is 0 Å². The van der Waals surface area contributed by atoms with E-state index in [0.29, 0.717) is 12.2 Å². The predicted molar refractivity (Wildman–Crippen MR) is 142 cm³/mol. The second-order valence-corrected chi connectivity index (χ2v) is 9.49. The molecule has 0 fully saturated rings. The van der Waals surface area contributed by atoms with Gasteiger partial charge in [-0.15, -0.1) is 0 Å². The first-order chi connectivity index (χ1) is 16.7. The molecule has 6 nitrogen and oxygen atoms in total. The third-order valence-electron chi connectivity index (χ3n) is 6.55. The molecule has 0 aliphatic rings. The molecule has 6 heteroatoms. The molecule has 0 bridgehead atoms. The molecule has 0 spiro atoms. The number of furan rings is 1. The van der Waals surface area contributed by atoms with Crippen LogP contribution in [0.4, 0.5) is 11.4 Å². The van der Waals surface area contributed by atoms with Crippen LogP contribution >= 0.6 is 0 Å². The minimum absolute atomic E-state index is 0.0386. The van der Waals surface area contributed by atoms with Crippen molar-refractivity contribution in [3.63, 3.8) is 0 Å². The Morgan fingerprint density at radius 2 is 1.69 bits per heavy atom. The Morgan fingerprint density at radius 3 is 2.26 bits per heavy atom. The quantitative estimate of drug-likeness (QED) is 0.381. The summed E-state index contributed by atoms with van der Waals surface area (Å²) in [6.07, 6.45) is 2.20. The Bertz CT molecular complexity index is 1110. The first-order valence-electron chi connectivity index (χ1n) is 12.2. The highest BCUT2D eigenvalue weighted by molar-refractivity contribution is 6.02.